The number of sulfonamides is 1. The number of nitrogens with one attached hydrogen (secondary N) is 1. The monoisotopic (exact) mass is 371 g/mol. The highest BCUT2D eigenvalue weighted by Crippen LogP contribution is 2.32. The number of carbonyl (C=O) groups excluding carboxylic acids is 1. The van der Waals surface area contributed by atoms with Gasteiger partial charge >= 0.3 is 0 Å². The van der Waals surface area contributed by atoms with Crippen LogP contribution in [0, 0.1) is 0 Å². The Morgan fingerprint density at radius 2 is 1.88 bits per heavy atom. The fraction of sp³-hybridized carbons (Fsp3) is 0.263. The van der Waals surface area contributed by atoms with E-state index in [9.17, 15) is 13.2 Å². The summed E-state index contributed by atoms with van der Waals surface area (Å²) < 4.78 is 28.7. The van der Waals surface area contributed by atoms with Crippen LogP contribution in [0.15, 0.2) is 57.8 Å². The Morgan fingerprint density at radius 1 is 1.15 bits per heavy atom. The minimum atomic E-state index is -3.80. The number of carbonyl (C=O) groups is 1. The molecule has 7 heteroatoms. The lowest BCUT2D eigenvalue weighted by atomic mass is 10.1. The van der Waals surface area contributed by atoms with Crippen LogP contribution in [0.4, 0.5) is 5.69 Å². The van der Waals surface area contributed by atoms with Crippen LogP contribution in [0.1, 0.15) is 36.2 Å². The van der Waals surface area contributed by atoms with Gasteiger partial charge < -0.3 is 10.2 Å². The fourth-order valence-electron chi connectivity index (χ4n) is 2.92. The molecular weight excluding hydrogens is 350 g/mol. The number of fused-ring (bicyclic) bond motifs is 1. The first-order chi connectivity index (χ1) is 12.4. The van der Waals surface area contributed by atoms with E-state index in [0.29, 0.717) is 30.2 Å². The number of amidine groups is 1. The predicted octanol–water partition coefficient (Wildman–Crippen LogP) is 2.95. The smallest absolute Gasteiger partial charge is 0.286 e. The molecule has 2 aromatic rings. The molecule has 136 valence electrons. The molecule has 0 bridgehead atoms. The Bertz CT molecular complexity index is 953. The van der Waals surface area contributed by atoms with E-state index in [-0.39, 0.29) is 10.8 Å². The Morgan fingerprint density at radius 3 is 2.58 bits per heavy atom. The maximum absolute atomic E-state index is 12.4. The summed E-state index contributed by atoms with van der Waals surface area (Å²) in [5.74, 6) is 0.126. The number of benzene rings is 2. The maximum Gasteiger partial charge on any atom is 0.286 e. The highest BCUT2D eigenvalue weighted by Gasteiger charge is 2.29. The molecule has 0 unspecified atom stereocenters. The number of hydrogen-bond acceptors (Lipinski definition) is 4. The van der Waals surface area contributed by atoms with Crippen molar-refractivity contribution in [1.82, 2.24) is 5.32 Å². The summed E-state index contributed by atoms with van der Waals surface area (Å²) in [5.41, 5.74) is 1.84. The molecule has 0 saturated heterocycles. The summed E-state index contributed by atoms with van der Waals surface area (Å²) in [5, 5.41) is 2.81. The fourth-order valence-corrected chi connectivity index (χ4v) is 4.18. The average molecular weight is 371 g/mol. The SMILES string of the molecule is CCCN1C(C)=NS(=O)(=O)c2cc(C(=O)NCc3ccccc3)ccc21. The standard InChI is InChI=1S/C19H21N3O3S/c1-3-11-22-14(2)21-26(24,25)18-12-16(9-10-17(18)22)19(23)20-13-15-7-5-4-6-8-15/h4-10,12H,3,11,13H2,1-2H3,(H,20,23). The van der Waals surface area contributed by atoms with Crippen molar-refractivity contribution in [3.8, 4) is 0 Å². The first kappa shape index (κ1) is 18.1. The Hall–Kier alpha value is -2.67. The van der Waals surface area contributed by atoms with Crippen LogP contribution in [0.3, 0.4) is 0 Å². The molecule has 1 aliphatic rings. The van der Waals surface area contributed by atoms with E-state index in [2.05, 4.69) is 9.71 Å². The molecule has 0 fully saturated rings. The van der Waals surface area contributed by atoms with Gasteiger partial charge in [0.1, 0.15) is 10.7 Å². The Kier molecular flexibility index (Phi) is 5.08. The molecule has 1 amide bonds. The van der Waals surface area contributed by atoms with Gasteiger partial charge in [-0.25, -0.2) is 0 Å². The van der Waals surface area contributed by atoms with E-state index in [1.165, 1.54) is 6.07 Å². The number of anilines is 1. The van der Waals surface area contributed by atoms with Crippen LogP contribution in [-0.4, -0.2) is 26.7 Å². The zero-order valence-corrected chi connectivity index (χ0v) is 15.6. The summed E-state index contributed by atoms with van der Waals surface area (Å²) in [6.07, 6.45) is 0.853. The second kappa shape index (κ2) is 7.29. The minimum absolute atomic E-state index is 0.0731. The lowest BCUT2D eigenvalue weighted by Gasteiger charge is -2.29. The molecule has 1 N–H and O–H groups in total. The zero-order chi connectivity index (χ0) is 18.7. The van der Waals surface area contributed by atoms with E-state index in [1.807, 2.05) is 42.2 Å². The van der Waals surface area contributed by atoms with E-state index >= 15 is 0 Å². The molecule has 0 aromatic heterocycles. The van der Waals surface area contributed by atoms with Gasteiger partial charge in [-0.3, -0.25) is 4.79 Å². The van der Waals surface area contributed by atoms with Gasteiger partial charge in [-0.05, 0) is 37.1 Å². The van der Waals surface area contributed by atoms with Crippen LogP contribution in [0.25, 0.3) is 0 Å². The molecule has 0 saturated carbocycles. The normalized spacial score (nSPS) is 15.2. The molecule has 0 atom stereocenters. The predicted molar refractivity (Wildman–Crippen MR) is 102 cm³/mol. The van der Waals surface area contributed by atoms with Gasteiger partial charge in [-0.1, -0.05) is 37.3 Å². The van der Waals surface area contributed by atoms with E-state index in [1.54, 1.807) is 19.1 Å². The van der Waals surface area contributed by atoms with E-state index in [0.717, 1.165) is 12.0 Å². The molecule has 26 heavy (non-hydrogen) atoms. The van der Waals surface area contributed by atoms with Crippen LogP contribution in [0.5, 0.6) is 0 Å². The quantitative estimate of drug-likeness (QED) is 0.876. The molecule has 1 heterocycles. The second-order valence-electron chi connectivity index (χ2n) is 6.12. The third-order valence-electron chi connectivity index (χ3n) is 4.18. The number of hydrogen-bond donors (Lipinski definition) is 1. The van der Waals surface area contributed by atoms with Gasteiger partial charge in [0.25, 0.3) is 15.9 Å². The highest BCUT2D eigenvalue weighted by atomic mass is 32.2. The summed E-state index contributed by atoms with van der Waals surface area (Å²) in [4.78, 5) is 14.4. The van der Waals surface area contributed by atoms with Crippen molar-refractivity contribution in [3.63, 3.8) is 0 Å². The van der Waals surface area contributed by atoms with Crippen molar-refractivity contribution in [2.75, 3.05) is 11.4 Å². The largest absolute Gasteiger partial charge is 0.348 e. The minimum Gasteiger partial charge on any atom is -0.348 e. The second-order valence-corrected chi connectivity index (χ2v) is 7.69. The van der Waals surface area contributed by atoms with E-state index in [4.69, 9.17) is 0 Å². The lowest BCUT2D eigenvalue weighted by molar-refractivity contribution is 0.0950. The third-order valence-corrected chi connectivity index (χ3v) is 5.56. The maximum atomic E-state index is 12.4. The van der Waals surface area contributed by atoms with Crippen molar-refractivity contribution >= 4 is 27.5 Å². The molecule has 0 aliphatic carbocycles. The summed E-state index contributed by atoms with van der Waals surface area (Å²) in [6, 6.07) is 14.3. The van der Waals surface area contributed by atoms with Crippen LogP contribution in [-0.2, 0) is 16.6 Å². The van der Waals surface area contributed by atoms with Gasteiger partial charge in [-0.2, -0.15) is 8.42 Å². The van der Waals surface area contributed by atoms with Crippen LogP contribution < -0.4 is 10.2 Å². The van der Waals surface area contributed by atoms with Gasteiger partial charge in [0.15, 0.2) is 0 Å². The van der Waals surface area contributed by atoms with Crippen molar-refractivity contribution in [3.05, 3.63) is 59.7 Å². The molecular formula is C19H21N3O3S. The first-order valence-electron chi connectivity index (χ1n) is 8.47. The van der Waals surface area contributed by atoms with Gasteiger partial charge in [-0.15, -0.1) is 4.40 Å². The van der Waals surface area contributed by atoms with Gasteiger partial charge in [0.05, 0.1) is 5.69 Å². The number of rotatable bonds is 5. The topological polar surface area (TPSA) is 78.8 Å². The molecule has 0 radical (unpaired) electrons. The average Bonchev–Trinajstić information content (AvgIpc) is 2.63. The van der Waals surface area contributed by atoms with Crippen LogP contribution in [0.2, 0.25) is 0 Å². The van der Waals surface area contributed by atoms with Gasteiger partial charge in [0.2, 0.25) is 0 Å². The molecule has 0 spiro atoms. The van der Waals surface area contributed by atoms with E-state index < -0.39 is 10.0 Å². The van der Waals surface area contributed by atoms with Crippen molar-refractivity contribution in [1.29, 1.82) is 0 Å². The Labute approximate surface area is 153 Å². The third kappa shape index (κ3) is 3.62. The van der Waals surface area contributed by atoms with Crippen molar-refractivity contribution in [2.45, 2.75) is 31.7 Å². The lowest BCUT2D eigenvalue weighted by Crippen LogP contribution is -2.34. The highest BCUT2D eigenvalue weighted by molar-refractivity contribution is 7.90. The molecule has 6 nitrogen and oxygen atoms in total. The van der Waals surface area contributed by atoms with Gasteiger partial charge in [0, 0.05) is 18.7 Å². The summed E-state index contributed by atoms with van der Waals surface area (Å²) in [6.45, 7) is 4.73. The van der Waals surface area contributed by atoms with Crippen molar-refractivity contribution in [2.24, 2.45) is 4.40 Å². The molecule has 1 aliphatic heterocycles. The Balaban J connectivity index is 1.87. The first-order valence-corrected chi connectivity index (χ1v) is 9.91. The summed E-state index contributed by atoms with van der Waals surface area (Å²) in [7, 11) is -3.80. The molecule has 3 rings (SSSR count). The van der Waals surface area contributed by atoms with Crippen molar-refractivity contribution < 1.29 is 13.2 Å². The number of nitrogens with zero attached hydrogens (tertiary/aromatic N) is 2. The molecule has 2 aromatic carbocycles. The summed E-state index contributed by atoms with van der Waals surface area (Å²) >= 11 is 0. The zero-order valence-electron chi connectivity index (χ0n) is 14.8. The van der Waals surface area contributed by atoms with Crippen LogP contribution >= 0.6 is 0 Å². The number of amides is 1.